The second-order valence-corrected chi connectivity index (χ2v) is 4.36. The Hall–Kier alpha value is -1.77. The molecule has 1 aromatic heterocycles. The Morgan fingerprint density at radius 1 is 1.47 bits per heavy atom. The number of Topliss-reactive ketones (excluding diaryl/α,β-unsaturated/α-hetero) is 1. The molecule has 1 aliphatic carbocycles. The number of rotatable bonds is 4. The average molecular weight is 230 g/mol. The van der Waals surface area contributed by atoms with Crippen LogP contribution in [0.2, 0.25) is 0 Å². The largest absolute Gasteiger partial charge is 0.490 e. The molecule has 1 fully saturated rings. The molecule has 0 N–H and O–H groups in total. The molecule has 0 atom stereocenters. The van der Waals surface area contributed by atoms with Gasteiger partial charge in [-0.1, -0.05) is 12.1 Å². The van der Waals surface area contributed by atoms with Gasteiger partial charge in [-0.05, 0) is 31.9 Å². The van der Waals surface area contributed by atoms with Crippen molar-refractivity contribution in [1.29, 1.82) is 0 Å². The number of fused-ring (bicyclic) bond motifs is 1. The highest BCUT2D eigenvalue weighted by atomic mass is 16.5. The number of hydrogen-bond acceptors (Lipinski definition) is 3. The standard InChI is InChI=1S/C14H14O3/c1-2-16-11-5-3-4-10-8-12(17-14(10)11)13(15)9-6-7-9/h3-5,8-9H,2,6-7H2,1H3. The monoisotopic (exact) mass is 230 g/mol. The first-order valence-corrected chi connectivity index (χ1v) is 5.99. The minimum Gasteiger partial charge on any atom is -0.490 e. The van der Waals surface area contributed by atoms with Gasteiger partial charge in [-0.3, -0.25) is 4.79 Å². The Bertz CT molecular complexity index is 564. The molecule has 1 heterocycles. The smallest absolute Gasteiger partial charge is 0.201 e. The number of para-hydroxylation sites is 1. The third kappa shape index (κ3) is 1.82. The summed E-state index contributed by atoms with van der Waals surface area (Å²) in [5.74, 6) is 1.49. The molecule has 0 radical (unpaired) electrons. The van der Waals surface area contributed by atoms with E-state index in [0.29, 0.717) is 23.7 Å². The zero-order valence-electron chi connectivity index (χ0n) is 9.73. The molecule has 1 aliphatic rings. The molecule has 0 unspecified atom stereocenters. The number of carbonyl (C=O) groups is 1. The molecule has 0 saturated heterocycles. The molecule has 0 amide bonds. The third-order valence-corrected chi connectivity index (χ3v) is 3.00. The maximum Gasteiger partial charge on any atom is 0.201 e. The number of benzene rings is 1. The molecule has 2 aromatic rings. The zero-order chi connectivity index (χ0) is 11.8. The normalized spacial score (nSPS) is 15.1. The van der Waals surface area contributed by atoms with Crippen LogP contribution in [0.15, 0.2) is 28.7 Å². The maximum atomic E-state index is 11.9. The lowest BCUT2D eigenvalue weighted by molar-refractivity contribution is 0.0942. The van der Waals surface area contributed by atoms with E-state index in [-0.39, 0.29) is 11.7 Å². The van der Waals surface area contributed by atoms with Crippen molar-refractivity contribution in [2.75, 3.05) is 6.61 Å². The van der Waals surface area contributed by atoms with E-state index >= 15 is 0 Å². The Kier molecular flexibility index (Phi) is 2.39. The van der Waals surface area contributed by atoms with E-state index in [0.717, 1.165) is 18.2 Å². The van der Waals surface area contributed by atoms with Gasteiger partial charge in [0.25, 0.3) is 0 Å². The predicted octanol–water partition coefficient (Wildman–Crippen LogP) is 3.42. The second-order valence-electron chi connectivity index (χ2n) is 4.36. The van der Waals surface area contributed by atoms with Crippen LogP contribution in [-0.2, 0) is 0 Å². The maximum absolute atomic E-state index is 11.9. The van der Waals surface area contributed by atoms with Gasteiger partial charge < -0.3 is 9.15 Å². The van der Waals surface area contributed by atoms with Crippen molar-refractivity contribution in [3.05, 3.63) is 30.0 Å². The first-order valence-electron chi connectivity index (χ1n) is 5.99. The van der Waals surface area contributed by atoms with Gasteiger partial charge in [-0.2, -0.15) is 0 Å². The van der Waals surface area contributed by atoms with E-state index in [1.165, 1.54) is 0 Å². The van der Waals surface area contributed by atoms with Crippen LogP contribution in [-0.4, -0.2) is 12.4 Å². The van der Waals surface area contributed by atoms with Crippen LogP contribution in [0.25, 0.3) is 11.0 Å². The van der Waals surface area contributed by atoms with Crippen LogP contribution >= 0.6 is 0 Å². The molecule has 88 valence electrons. The van der Waals surface area contributed by atoms with E-state index in [4.69, 9.17) is 9.15 Å². The molecular weight excluding hydrogens is 216 g/mol. The van der Waals surface area contributed by atoms with Gasteiger partial charge in [0.2, 0.25) is 5.78 Å². The highest BCUT2D eigenvalue weighted by Crippen LogP contribution is 2.35. The molecule has 0 aliphatic heterocycles. The summed E-state index contributed by atoms with van der Waals surface area (Å²) in [6.45, 7) is 2.52. The molecule has 3 heteroatoms. The molecule has 3 rings (SSSR count). The predicted molar refractivity (Wildman–Crippen MR) is 64.4 cm³/mol. The number of furan rings is 1. The Balaban J connectivity index is 2.05. The van der Waals surface area contributed by atoms with Gasteiger partial charge in [0.05, 0.1) is 6.61 Å². The Labute approximate surface area is 99.4 Å². The van der Waals surface area contributed by atoms with Crippen molar-refractivity contribution in [1.82, 2.24) is 0 Å². The average Bonchev–Trinajstić information content (AvgIpc) is 3.08. The molecule has 17 heavy (non-hydrogen) atoms. The van der Waals surface area contributed by atoms with Crippen molar-refractivity contribution in [2.45, 2.75) is 19.8 Å². The fraction of sp³-hybridized carbons (Fsp3) is 0.357. The van der Waals surface area contributed by atoms with Gasteiger partial charge in [-0.25, -0.2) is 0 Å². The molecule has 1 saturated carbocycles. The van der Waals surface area contributed by atoms with Crippen molar-refractivity contribution in [3.8, 4) is 5.75 Å². The van der Waals surface area contributed by atoms with E-state index in [9.17, 15) is 4.79 Å². The van der Waals surface area contributed by atoms with Gasteiger partial charge in [0, 0.05) is 11.3 Å². The Morgan fingerprint density at radius 3 is 3.00 bits per heavy atom. The zero-order valence-corrected chi connectivity index (χ0v) is 9.73. The summed E-state index contributed by atoms with van der Waals surface area (Å²) in [6.07, 6.45) is 1.99. The SMILES string of the molecule is CCOc1cccc2cc(C(=O)C3CC3)oc12. The van der Waals surface area contributed by atoms with Crippen molar-refractivity contribution >= 4 is 16.8 Å². The van der Waals surface area contributed by atoms with Crippen LogP contribution in [0.5, 0.6) is 5.75 Å². The molecule has 0 bridgehead atoms. The van der Waals surface area contributed by atoms with Gasteiger partial charge in [0.1, 0.15) is 0 Å². The van der Waals surface area contributed by atoms with Crippen molar-refractivity contribution in [3.63, 3.8) is 0 Å². The summed E-state index contributed by atoms with van der Waals surface area (Å²) < 4.78 is 11.1. The van der Waals surface area contributed by atoms with Crippen LogP contribution in [0.4, 0.5) is 0 Å². The lowest BCUT2D eigenvalue weighted by atomic mass is 10.2. The first kappa shape index (κ1) is 10.4. The van der Waals surface area contributed by atoms with Gasteiger partial charge in [-0.15, -0.1) is 0 Å². The summed E-state index contributed by atoms with van der Waals surface area (Å²) in [5.41, 5.74) is 0.679. The van der Waals surface area contributed by atoms with Crippen LogP contribution in [0, 0.1) is 5.92 Å². The number of carbonyl (C=O) groups excluding carboxylic acids is 1. The van der Waals surface area contributed by atoms with Crippen molar-refractivity contribution in [2.24, 2.45) is 5.92 Å². The summed E-state index contributed by atoms with van der Waals surface area (Å²) in [5, 5.41) is 0.931. The fourth-order valence-electron chi connectivity index (χ4n) is 1.97. The lowest BCUT2D eigenvalue weighted by Gasteiger charge is -2.02. The molecule has 3 nitrogen and oxygen atoms in total. The summed E-state index contributed by atoms with van der Waals surface area (Å²) >= 11 is 0. The third-order valence-electron chi connectivity index (χ3n) is 3.00. The Morgan fingerprint density at radius 2 is 2.29 bits per heavy atom. The van der Waals surface area contributed by atoms with E-state index < -0.39 is 0 Å². The molecule has 0 spiro atoms. The van der Waals surface area contributed by atoms with E-state index in [1.54, 1.807) is 0 Å². The van der Waals surface area contributed by atoms with E-state index in [1.807, 2.05) is 31.2 Å². The second kappa shape index (κ2) is 3.91. The topological polar surface area (TPSA) is 39.4 Å². The fourth-order valence-corrected chi connectivity index (χ4v) is 1.97. The highest BCUT2D eigenvalue weighted by molar-refractivity contribution is 6.01. The summed E-state index contributed by atoms with van der Waals surface area (Å²) in [4.78, 5) is 11.9. The number of ether oxygens (including phenoxy) is 1. The molecule has 1 aromatic carbocycles. The van der Waals surface area contributed by atoms with Crippen molar-refractivity contribution < 1.29 is 13.9 Å². The first-order chi connectivity index (χ1) is 8.29. The minimum absolute atomic E-state index is 0.128. The van der Waals surface area contributed by atoms with E-state index in [2.05, 4.69) is 0 Å². The van der Waals surface area contributed by atoms with Crippen LogP contribution < -0.4 is 4.74 Å². The minimum atomic E-state index is 0.128. The van der Waals surface area contributed by atoms with Gasteiger partial charge in [0.15, 0.2) is 17.1 Å². The van der Waals surface area contributed by atoms with Crippen LogP contribution in [0.1, 0.15) is 30.3 Å². The van der Waals surface area contributed by atoms with Gasteiger partial charge >= 0.3 is 0 Å². The lowest BCUT2D eigenvalue weighted by Crippen LogP contribution is -1.98. The number of ketones is 1. The number of hydrogen-bond donors (Lipinski definition) is 0. The molecular formula is C14H14O3. The quantitative estimate of drug-likeness (QED) is 0.755. The summed E-state index contributed by atoms with van der Waals surface area (Å²) in [6, 6.07) is 7.53. The highest BCUT2D eigenvalue weighted by Gasteiger charge is 2.32. The summed E-state index contributed by atoms with van der Waals surface area (Å²) in [7, 11) is 0. The van der Waals surface area contributed by atoms with Crippen LogP contribution in [0.3, 0.4) is 0 Å².